The summed E-state index contributed by atoms with van der Waals surface area (Å²) in [7, 11) is 0. The van der Waals surface area contributed by atoms with Gasteiger partial charge in [-0.05, 0) is 91.3 Å². The lowest BCUT2D eigenvalue weighted by atomic mass is 9.50. The summed E-state index contributed by atoms with van der Waals surface area (Å²) in [4.78, 5) is 23.6. The normalized spacial score (nSPS) is 35.1. The van der Waals surface area contributed by atoms with Crippen molar-refractivity contribution in [2.24, 2.45) is 46.3 Å². The van der Waals surface area contributed by atoms with E-state index in [4.69, 9.17) is 14.9 Å². The molecule has 2 N–H and O–H groups in total. The molecule has 0 saturated heterocycles. The molecule has 0 aromatic carbocycles. The molecule has 4 rings (SSSR count). The number of hydrogen-bond donors (Lipinski definition) is 2. The van der Waals surface area contributed by atoms with Gasteiger partial charge in [-0.3, -0.25) is 14.5 Å². The molecule has 0 aromatic heterocycles. The first-order valence-corrected chi connectivity index (χ1v) is 15.7. The average Bonchev–Trinajstić information content (AvgIpc) is 3.23. The van der Waals surface area contributed by atoms with E-state index in [1.165, 1.54) is 36.2 Å². The fraction of sp³-hybridized carbons (Fsp3) is 0.765. The van der Waals surface area contributed by atoms with Crippen molar-refractivity contribution in [3.8, 4) is 0 Å². The number of allylic oxidation sites excluding steroid dienone is 5. The van der Waals surface area contributed by atoms with E-state index in [1.54, 1.807) is 5.57 Å². The average molecular weight is 556 g/mol. The summed E-state index contributed by atoms with van der Waals surface area (Å²) in [5.41, 5.74) is 3.79. The van der Waals surface area contributed by atoms with Gasteiger partial charge in [-0.2, -0.15) is 0 Å². The molecule has 6 heteroatoms. The van der Waals surface area contributed by atoms with Gasteiger partial charge in [0.1, 0.15) is 0 Å². The maximum atomic E-state index is 11.1. The molecule has 0 spiro atoms. The molecule has 4 aliphatic carbocycles. The maximum Gasteiger partial charge on any atom is 0.317 e. The van der Waals surface area contributed by atoms with Crippen LogP contribution in [0.4, 0.5) is 0 Å². The highest BCUT2D eigenvalue weighted by Gasteiger charge is 2.56. The van der Waals surface area contributed by atoms with E-state index >= 15 is 0 Å². The van der Waals surface area contributed by atoms with Gasteiger partial charge >= 0.3 is 11.9 Å². The summed E-state index contributed by atoms with van der Waals surface area (Å²) in [5, 5.41) is 18.2. The Bertz CT molecular complexity index is 1010. The molecule has 0 heterocycles. The van der Waals surface area contributed by atoms with Crippen LogP contribution in [-0.2, 0) is 14.3 Å². The summed E-state index contributed by atoms with van der Waals surface area (Å²) in [6, 6.07) is 0. The Morgan fingerprint density at radius 3 is 2.33 bits per heavy atom. The Balaban J connectivity index is 1.40. The molecule has 0 bridgehead atoms. The first kappa shape index (κ1) is 31.0. The summed E-state index contributed by atoms with van der Waals surface area (Å²) in [6.07, 6.45) is 18.2. The van der Waals surface area contributed by atoms with Crippen molar-refractivity contribution in [2.75, 3.05) is 26.2 Å². The lowest BCUT2D eigenvalue weighted by molar-refractivity contribution is -0.142. The van der Waals surface area contributed by atoms with Crippen molar-refractivity contribution in [3.05, 3.63) is 35.5 Å². The lowest BCUT2D eigenvalue weighted by Gasteiger charge is -2.55. The quantitative estimate of drug-likeness (QED) is 0.257. The van der Waals surface area contributed by atoms with Crippen LogP contribution in [0.2, 0.25) is 0 Å². The smallest absolute Gasteiger partial charge is 0.317 e. The number of nitrogens with zero attached hydrogens (tertiary/aromatic N) is 1. The molecule has 0 amide bonds. The zero-order chi connectivity index (χ0) is 29.2. The number of hydrogen-bond acceptors (Lipinski definition) is 4. The molecule has 224 valence electrons. The van der Waals surface area contributed by atoms with Gasteiger partial charge in [-0.25, -0.2) is 0 Å². The highest BCUT2D eigenvalue weighted by atomic mass is 16.5. The Labute approximate surface area is 241 Å². The lowest BCUT2D eigenvalue weighted by Crippen LogP contribution is -2.46. The standard InChI is InChI=1S/C34H53NO5/c1-22(2)23(3)7-8-24(4)28-11-12-29-27-10-9-25-19-26(40-18-17-35(20-31(36)37)21-32(38)39)13-15-33(25,5)30(27)14-16-34(28,29)6/h7-10,22-24,26,28-30H,11-21H2,1-6H3,(H,36,37)(H,38,39)/b8-7+/t23-,24+,26-,28+,29?,30?,33+,34+/m0/s1. The van der Waals surface area contributed by atoms with Crippen LogP contribution >= 0.6 is 0 Å². The van der Waals surface area contributed by atoms with Crippen molar-refractivity contribution in [2.45, 2.75) is 92.6 Å². The van der Waals surface area contributed by atoms with E-state index in [0.29, 0.717) is 48.2 Å². The molecule has 0 aromatic rings. The van der Waals surface area contributed by atoms with E-state index in [2.05, 4.69) is 65.8 Å². The molecule has 40 heavy (non-hydrogen) atoms. The topological polar surface area (TPSA) is 87.1 Å². The predicted octanol–water partition coefficient (Wildman–Crippen LogP) is 6.83. The molecular formula is C34H53NO5. The van der Waals surface area contributed by atoms with Crippen LogP contribution in [0.15, 0.2) is 35.5 Å². The van der Waals surface area contributed by atoms with E-state index in [-0.39, 0.29) is 24.6 Å². The van der Waals surface area contributed by atoms with Crippen molar-refractivity contribution in [1.29, 1.82) is 0 Å². The Morgan fingerprint density at radius 1 is 0.975 bits per heavy atom. The SMILES string of the molecule is CC(C)[C@@H](C)/C=C/[C@@H](C)[C@H]1CCC2C3=CC=C4C[C@@H](OCCN(CC(=O)O)CC(=O)O)CC[C@@]4(C)C3CC[C@@]21C. The molecule has 4 aliphatic rings. The molecule has 6 nitrogen and oxygen atoms in total. The van der Waals surface area contributed by atoms with Crippen molar-refractivity contribution in [3.63, 3.8) is 0 Å². The first-order chi connectivity index (χ1) is 18.8. The highest BCUT2D eigenvalue weighted by Crippen LogP contribution is 2.66. The van der Waals surface area contributed by atoms with Crippen LogP contribution in [0.5, 0.6) is 0 Å². The van der Waals surface area contributed by atoms with Gasteiger partial charge in [-0.1, -0.05) is 77.0 Å². The van der Waals surface area contributed by atoms with Crippen molar-refractivity contribution in [1.82, 2.24) is 4.90 Å². The van der Waals surface area contributed by atoms with Crippen LogP contribution in [0, 0.1) is 46.3 Å². The van der Waals surface area contributed by atoms with Crippen LogP contribution < -0.4 is 0 Å². The third-order valence-corrected chi connectivity index (χ3v) is 11.5. The zero-order valence-electron chi connectivity index (χ0n) is 25.7. The Hall–Kier alpha value is -1.92. The van der Waals surface area contributed by atoms with Crippen LogP contribution in [0.25, 0.3) is 0 Å². The molecule has 2 unspecified atom stereocenters. The molecule has 3 saturated carbocycles. The second-order valence-electron chi connectivity index (χ2n) is 14.2. The number of aliphatic carboxylic acids is 2. The summed E-state index contributed by atoms with van der Waals surface area (Å²) in [6.45, 7) is 14.6. The minimum Gasteiger partial charge on any atom is -0.480 e. The van der Waals surface area contributed by atoms with E-state index in [1.807, 2.05) is 0 Å². The molecule has 8 atom stereocenters. The van der Waals surface area contributed by atoms with Crippen LogP contribution in [0.1, 0.15) is 86.5 Å². The maximum absolute atomic E-state index is 11.1. The minimum absolute atomic E-state index is 0.108. The fourth-order valence-electron chi connectivity index (χ4n) is 8.67. The molecule has 3 fully saturated rings. The molecular weight excluding hydrogens is 502 g/mol. The first-order valence-electron chi connectivity index (χ1n) is 15.7. The van der Waals surface area contributed by atoms with E-state index in [9.17, 15) is 9.59 Å². The monoisotopic (exact) mass is 555 g/mol. The largest absolute Gasteiger partial charge is 0.480 e. The number of ether oxygens (including phenoxy) is 1. The van der Waals surface area contributed by atoms with Gasteiger partial charge < -0.3 is 14.9 Å². The van der Waals surface area contributed by atoms with Crippen molar-refractivity contribution < 1.29 is 24.5 Å². The zero-order valence-corrected chi connectivity index (χ0v) is 25.7. The number of carboxylic acid groups (broad SMARTS) is 2. The summed E-state index contributed by atoms with van der Waals surface area (Å²) >= 11 is 0. The number of fused-ring (bicyclic) bond motifs is 5. The molecule has 0 radical (unpaired) electrons. The summed E-state index contributed by atoms with van der Waals surface area (Å²) < 4.78 is 6.19. The number of carbonyl (C=O) groups is 2. The van der Waals surface area contributed by atoms with Crippen molar-refractivity contribution >= 4 is 11.9 Å². The third-order valence-electron chi connectivity index (χ3n) is 11.5. The minimum atomic E-state index is -1.02. The Kier molecular flexibility index (Phi) is 9.71. The number of rotatable bonds is 12. The predicted molar refractivity (Wildman–Crippen MR) is 159 cm³/mol. The second kappa shape index (κ2) is 12.5. The van der Waals surface area contributed by atoms with E-state index < -0.39 is 11.9 Å². The van der Waals surface area contributed by atoms with Gasteiger partial charge in [0, 0.05) is 6.54 Å². The molecule has 0 aliphatic heterocycles. The second-order valence-corrected chi connectivity index (χ2v) is 14.2. The van der Waals surface area contributed by atoms with E-state index in [0.717, 1.165) is 25.2 Å². The number of carboxylic acids is 2. The van der Waals surface area contributed by atoms with Gasteiger partial charge in [-0.15, -0.1) is 0 Å². The fourth-order valence-corrected chi connectivity index (χ4v) is 8.67. The third kappa shape index (κ3) is 6.43. The van der Waals surface area contributed by atoms with Crippen LogP contribution in [0.3, 0.4) is 0 Å². The highest BCUT2D eigenvalue weighted by molar-refractivity contribution is 5.72. The van der Waals surface area contributed by atoms with Gasteiger partial charge in [0.15, 0.2) is 0 Å². The van der Waals surface area contributed by atoms with Gasteiger partial charge in [0.05, 0.1) is 25.8 Å². The van der Waals surface area contributed by atoms with Crippen LogP contribution in [-0.4, -0.2) is 59.4 Å². The van der Waals surface area contributed by atoms with Gasteiger partial charge in [0.25, 0.3) is 0 Å². The van der Waals surface area contributed by atoms with Gasteiger partial charge in [0.2, 0.25) is 0 Å². The Morgan fingerprint density at radius 2 is 1.68 bits per heavy atom. The summed E-state index contributed by atoms with van der Waals surface area (Å²) in [5.74, 6) is 1.95.